The van der Waals surface area contributed by atoms with Crippen LogP contribution in [0.5, 0.6) is 0 Å². The third kappa shape index (κ3) is 3.22. The first-order chi connectivity index (χ1) is 11.8. The standard InChI is InChI=1S/C19H17BrN2O3/c1-12-3-7-14(8-4-12)19(2)17(24)22(18(25)21-19)11-16(23)13-5-9-15(20)10-6-13/h3-10H,11H2,1-2H3,(H,21,25). The van der Waals surface area contributed by atoms with Crippen molar-refractivity contribution in [2.75, 3.05) is 6.54 Å². The average Bonchev–Trinajstić information content (AvgIpc) is 2.80. The van der Waals surface area contributed by atoms with Crippen molar-refractivity contribution in [3.63, 3.8) is 0 Å². The van der Waals surface area contributed by atoms with E-state index in [1.54, 1.807) is 31.2 Å². The molecular formula is C19H17BrN2O3. The van der Waals surface area contributed by atoms with Gasteiger partial charge < -0.3 is 5.32 Å². The molecule has 1 saturated heterocycles. The third-order valence-electron chi connectivity index (χ3n) is 4.37. The molecule has 5 nitrogen and oxygen atoms in total. The molecule has 1 aliphatic heterocycles. The van der Waals surface area contributed by atoms with Gasteiger partial charge in [0.25, 0.3) is 5.91 Å². The van der Waals surface area contributed by atoms with E-state index in [1.165, 1.54) is 0 Å². The predicted octanol–water partition coefficient (Wildman–Crippen LogP) is 3.41. The molecule has 0 aliphatic carbocycles. The Morgan fingerprint density at radius 3 is 2.28 bits per heavy atom. The molecule has 0 spiro atoms. The van der Waals surface area contributed by atoms with Crippen molar-refractivity contribution in [3.05, 3.63) is 69.7 Å². The van der Waals surface area contributed by atoms with Gasteiger partial charge >= 0.3 is 6.03 Å². The Hall–Kier alpha value is -2.47. The molecule has 0 bridgehead atoms. The Bertz CT molecular complexity index is 846. The van der Waals surface area contributed by atoms with Crippen molar-refractivity contribution in [2.45, 2.75) is 19.4 Å². The minimum Gasteiger partial charge on any atom is -0.319 e. The van der Waals surface area contributed by atoms with E-state index in [9.17, 15) is 14.4 Å². The van der Waals surface area contributed by atoms with Gasteiger partial charge in [-0.3, -0.25) is 14.5 Å². The summed E-state index contributed by atoms with van der Waals surface area (Å²) in [5.74, 6) is -0.712. The molecule has 1 aliphatic rings. The van der Waals surface area contributed by atoms with Crippen LogP contribution in [0.15, 0.2) is 53.0 Å². The van der Waals surface area contributed by atoms with Gasteiger partial charge in [0, 0.05) is 10.0 Å². The fraction of sp³-hybridized carbons (Fsp3) is 0.211. The summed E-state index contributed by atoms with van der Waals surface area (Å²) in [6.07, 6.45) is 0. The minimum absolute atomic E-state index is 0.284. The highest BCUT2D eigenvalue weighted by Crippen LogP contribution is 2.29. The van der Waals surface area contributed by atoms with Crippen molar-refractivity contribution < 1.29 is 14.4 Å². The van der Waals surface area contributed by atoms with Crippen molar-refractivity contribution in [1.29, 1.82) is 0 Å². The summed E-state index contributed by atoms with van der Waals surface area (Å²) >= 11 is 3.31. The number of halogens is 1. The SMILES string of the molecule is Cc1ccc(C2(C)NC(=O)N(CC(=O)c3ccc(Br)cc3)C2=O)cc1. The number of hydrogen-bond donors (Lipinski definition) is 1. The molecule has 128 valence electrons. The number of rotatable bonds is 4. The van der Waals surface area contributed by atoms with Crippen LogP contribution in [0.2, 0.25) is 0 Å². The number of urea groups is 1. The topological polar surface area (TPSA) is 66.5 Å². The van der Waals surface area contributed by atoms with Gasteiger partial charge in [-0.1, -0.05) is 57.9 Å². The van der Waals surface area contributed by atoms with Crippen LogP contribution in [-0.4, -0.2) is 29.2 Å². The average molecular weight is 401 g/mol. The molecule has 0 aromatic heterocycles. The number of Topliss-reactive ketones (excluding diaryl/α,β-unsaturated/α-hetero) is 1. The molecule has 25 heavy (non-hydrogen) atoms. The predicted molar refractivity (Wildman–Crippen MR) is 97.2 cm³/mol. The number of carbonyl (C=O) groups is 3. The third-order valence-corrected chi connectivity index (χ3v) is 4.90. The smallest absolute Gasteiger partial charge is 0.319 e. The summed E-state index contributed by atoms with van der Waals surface area (Å²) < 4.78 is 0.853. The van der Waals surface area contributed by atoms with Crippen LogP contribution >= 0.6 is 15.9 Å². The van der Waals surface area contributed by atoms with Crippen molar-refractivity contribution in [3.8, 4) is 0 Å². The first kappa shape index (κ1) is 17.4. The van der Waals surface area contributed by atoms with E-state index >= 15 is 0 Å². The van der Waals surface area contributed by atoms with Gasteiger partial charge in [-0.25, -0.2) is 4.79 Å². The van der Waals surface area contributed by atoms with Gasteiger partial charge in [0.1, 0.15) is 5.54 Å². The van der Waals surface area contributed by atoms with Crippen molar-refractivity contribution in [2.24, 2.45) is 0 Å². The maximum absolute atomic E-state index is 12.8. The van der Waals surface area contributed by atoms with Gasteiger partial charge in [-0.15, -0.1) is 0 Å². The van der Waals surface area contributed by atoms with Gasteiger partial charge in [0.05, 0.1) is 6.54 Å². The zero-order valence-electron chi connectivity index (χ0n) is 13.9. The molecule has 6 heteroatoms. The molecule has 2 aromatic carbocycles. The first-order valence-corrected chi connectivity index (χ1v) is 8.60. The summed E-state index contributed by atoms with van der Waals surface area (Å²) in [5.41, 5.74) is 1.04. The first-order valence-electron chi connectivity index (χ1n) is 7.81. The number of nitrogens with zero attached hydrogens (tertiary/aromatic N) is 1. The summed E-state index contributed by atoms with van der Waals surface area (Å²) in [4.78, 5) is 38.5. The Kier molecular flexibility index (Phi) is 4.47. The van der Waals surface area contributed by atoms with Gasteiger partial charge in [0.15, 0.2) is 5.78 Å². The Morgan fingerprint density at radius 2 is 1.68 bits per heavy atom. The summed E-state index contributed by atoms with van der Waals surface area (Å²) in [7, 11) is 0. The lowest BCUT2D eigenvalue weighted by Crippen LogP contribution is -2.41. The molecule has 3 rings (SSSR count). The summed E-state index contributed by atoms with van der Waals surface area (Å²) in [6.45, 7) is 3.32. The molecule has 2 aromatic rings. The van der Waals surface area contributed by atoms with Crippen molar-refractivity contribution in [1.82, 2.24) is 10.2 Å². The Balaban J connectivity index is 1.82. The highest BCUT2D eigenvalue weighted by Gasteiger charge is 2.49. The highest BCUT2D eigenvalue weighted by atomic mass is 79.9. The molecule has 1 heterocycles. The highest BCUT2D eigenvalue weighted by molar-refractivity contribution is 9.10. The van der Waals surface area contributed by atoms with Crippen LogP contribution in [0, 0.1) is 6.92 Å². The van der Waals surface area contributed by atoms with E-state index in [1.807, 2.05) is 31.2 Å². The zero-order valence-corrected chi connectivity index (χ0v) is 15.5. The molecule has 3 amide bonds. The van der Waals surface area contributed by atoms with Gasteiger partial charge in [-0.05, 0) is 31.5 Å². The van der Waals surface area contributed by atoms with E-state index in [4.69, 9.17) is 0 Å². The van der Waals surface area contributed by atoms with E-state index in [0.717, 1.165) is 14.9 Å². The second kappa shape index (κ2) is 6.44. The fourth-order valence-corrected chi connectivity index (χ4v) is 3.06. The van der Waals surface area contributed by atoms with Crippen LogP contribution in [0.3, 0.4) is 0 Å². The van der Waals surface area contributed by atoms with E-state index in [-0.39, 0.29) is 12.3 Å². The second-order valence-corrected chi connectivity index (χ2v) is 7.16. The van der Waals surface area contributed by atoms with Crippen LogP contribution in [0.4, 0.5) is 4.79 Å². The lowest BCUT2D eigenvalue weighted by molar-refractivity contribution is -0.130. The van der Waals surface area contributed by atoms with E-state index < -0.39 is 17.5 Å². The Morgan fingerprint density at radius 1 is 1.08 bits per heavy atom. The number of aryl methyl sites for hydroxylation is 1. The number of nitrogens with one attached hydrogen (secondary N) is 1. The fourth-order valence-electron chi connectivity index (χ4n) is 2.79. The van der Waals surface area contributed by atoms with Crippen LogP contribution in [0.1, 0.15) is 28.4 Å². The largest absolute Gasteiger partial charge is 0.325 e. The summed E-state index contributed by atoms with van der Waals surface area (Å²) in [6, 6.07) is 13.6. The molecule has 1 N–H and O–H groups in total. The molecule has 1 fully saturated rings. The monoisotopic (exact) mass is 400 g/mol. The maximum atomic E-state index is 12.8. The number of carbonyl (C=O) groups excluding carboxylic acids is 3. The quantitative estimate of drug-likeness (QED) is 0.631. The number of amides is 3. The van der Waals surface area contributed by atoms with Crippen molar-refractivity contribution >= 4 is 33.7 Å². The normalized spacial score (nSPS) is 19.9. The number of imide groups is 1. The van der Waals surface area contributed by atoms with Gasteiger partial charge in [-0.2, -0.15) is 0 Å². The molecule has 1 atom stereocenters. The number of benzene rings is 2. The van der Waals surface area contributed by atoms with E-state index in [0.29, 0.717) is 11.1 Å². The molecule has 0 radical (unpaired) electrons. The maximum Gasteiger partial charge on any atom is 0.325 e. The lowest BCUT2D eigenvalue weighted by Gasteiger charge is -2.22. The zero-order chi connectivity index (χ0) is 18.2. The Labute approximate surface area is 154 Å². The molecule has 0 saturated carbocycles. The van der Waals surface area contributed by atoms with Crippen LogP contribution < -0.4 is 5.32 Å². The van der Waals surface area contributed by atoms with Gasteiger partial charge in [0.2, 0.25) is 0 Å². The van der Waals surface area contributed by atoms with E-state index in [2.05, 4.69) is 21.2 Å². The molecular weight excluding hydrogens is 384 g/mol. The number of ketones is 1. The van der Waals surface area contributed by atoms with Crippen LogP contribution in [-0.2, 0) is 10.3 Å². The summed E-state index contributed by atoms with van der Waals surface area (Å²) in [5, 5.41) is 2.71. The van der Waals surface area contributed by atoms with Crippen LogP contribution in [0.25, 0.3) is 0 Å². The lowest BCUT2D eigenvalue weighted by atomic mass is 9.91. The molecule has 1 unspecified atom stereocenters. The number of hydrogen-bond acceptors (Lipinski definition) is 3. The minimum atomic E-state index is -1.16. The second-order valence-electron chi connectivity index (χ2n) is 6.24.